The van der Waals surface area contributed by atoms with Crippen molar-refractivity contribution in [3.63, 3.8) is 0 Å². The van der Waals surface area contributed by atoms with Gasteiger partial charge in [-0.05, 0) is 20.3 Å². The molecule has 0 bridgehead atoms. The van der Waals surface area contributed by atoms with Gasteiger partial charge in [-0.2, -0.15) is 0 Å². The maximum atomic E-state index is 10.2. The SMILES string of the molecule is C/C=C(\C)CC(N)C(=O)O. The first-order valence-corrected chi connectivity index (χ1v) is 3.18. The van der Waals surface area contributed by atoms with Crippen molar-refractivity contribution >= 4 is 5.97 Å². The Bertz CT molecular complexity index is 152. The maximum Gasteiger partial charge on any atom is 0.320 e. The van der Waals surface area contributed by atoms with Crippen molar-refractivity contribution in [1.29, 1.82) is 0 Å². The van der Waals surface area contributed by atoms with Gasteiger partial charge in [0, 0.05) is 0 Å². The molecule has 10 heavy (non-hydrogen) atoms. The van der Waals surface area contributed by atoms with Crippen LogP contribution in [0.1, 0.15) is 20.3 Å². The van der Waals surface area contributed by atoms with Crippen LogP contribution in [0.15, 0.2) is 11.6 Å². The molecule has 0 fully saturated rings. The first kappa shape index (κ1) is 9.17. The van der Waals surface area contributed by atoms with Gasteiger partial charge in [-0.1, -0.05) is 11.6 Å². The molecular formula is C7H13NO2. The maximum absolute atomic E-state index is 10.2. The summed E-state index contributed by atoms with van der Waals surface area (Å²) in [7, 11) is 0. The van der Waals surface area contributed by atoms with E-state index in [1.807, 2.05) is 19.9 Å². The fourth-order valence-corrected chi connectivity index (χ4v) is 0.552. The lowest BCUT2D eigenvalue weighted by atomic mass is 10.1. The molecule has 0 aromatic rings. The second kappa shape index (κ2) is 4.06. The number of carboxylic acid groups (broad SMARTS) is 1. The van der Waals surface area contributed by atoms with Gasteiger partial charge in [0.1, 0.15) is 6.04 Å². The van der Waals surface area contributed by atoms with E-state index in [9.17, 15) is 4.79 Å². The molecule has 0 aliphatic heterocycles. The topological polar surface area (TPSA) is 63.3 Å². The monoisotopic (exact) mass is 143 g/mol. The summed E-state index contributed by atoms with van der Waals surface area (Å²) < 4.78 is 0. The molecule has 0 saturated carbocycles. The van der Waals surface area contributed by atoms with Gasteiger partial charge in [0.2, 0.25) is 0 Å². The van der Waals surface area contributed by atoms with Gasteiger partial charge in [-0.15, -0.1) is 0 Å². The third-order valence-corrected chi connectivity index (χ3v) is 1.35. The third-order valence-electron chi connectivity index (χ3n) is 1.35. The fraction of sp³-hybridized carbons (Fsp3) is 0.571. The lowest BCUT2D eigenvalue weighted by Crippen LogP contribution is -2.30. The Morgan fingerprint density at radius 3 is 2.60 bits per heavy atom. The van der Waals surface area contributed by atoms with Crippen molar-refractivity contribution < 1.29 is 9.90 Å². The van der Waals surface area contributed by atoms with Crippen molar-refractivity contribution in [2.75, 3.05) is 0 Å². The summed E-state index contributed by atoms with van der Waals surface area (Å²) in [6, 6.07) is -0.754. The third kappa shape index (κ3) is 3.25. The van der Waals surface area contributed by atoms with Gasteiger partial charge in [-0.3, -0.25) is 4.79 Å². The van der Waals surface area contributed by atoms with E-state index in [1.54, 1.807) is 0 Å². The van der Waals surface area contributed by atoms with Crippen molar-refractivity contribution in [2.24, 2.45) is 5.73 Å². The highest BCUT2D eigenvalue weighted by molar-refractivity contribution is 5.73. The van der Waals surface area contributed by atoms with E-state index >= 15 is 0 Å². The molecule has 0 amide bonds. The van der Waals surface area contributed by atoms with Crippen molar-refractivity contribution in [3.05, 3.63) is 11.6 Å². The lowest BCUT2D eigenvalue weighted by molar-refractivity contribution is -0.138. The van der Waals surface area contributed by atoms with Crippen LogP contribution in [0.5, 0.6) is 0 Å². The average molecular weight is 143 g/mol. The number of rotatable bonds is 3. The highest BCUT2D eigenvalue weighted by Gasteiger charge is 2.10. The van der Waals surface area contributed by atoms with Crippen LogP contribution in [0.4, 0.5) is 0 Å². The Morgan fingerprint density at radius 2 is 2.30 bits per heavy atom. The number of aliphatic carboxylic acids is 1. The summed E-state index contributed by atoms with van der Waals surface area (Å²) in [6.45, 7) is 3.73. The van der Waals surface area contributed by atoms with E-state index in [2.05, 4.69) is 0 Å². The molecule has 3 nitrogen and oxygen atoms in total. The molecule has 0 aliphatic rings. The lowest BCUT2D eigenvalue weighted by Gasteiger charge is -2.04. The zero-order valence-electron chi connectivity index (χ0n) is 6.29. The second-order valence-electron chi connectivity index (χ2n) is 2.28. The van der Waals surface area contributed by atoms with Gasteiger partial charge in [0.25, 0.3) is 0 Å². The molecule has 58 valence electrons. The van der Waals surface area contributed by atoms with E-state index in [0.717, 1.165) is 5.57 Å². The van der Waals surface area contributed by atoms with E-state index in [-0.39, 0.29) is 0 Å². The van der Waals surface area contributed by atoms with Crippen molar-refractivity contribution in [2.45, 2.75) is 26.3 Å². The van der Waals surface area contributed by atoms with Crippen LogP contribution in [0.25, 0.3) is 0 Å². The van der Waals surface area contributed by atoms with E-state index in [0.29, 0.717) is 6.42 Å². The first-order valence-electron chi connectivity index (χ1n) is 3.18. The zero-order valence-corrected chi connectivity index (χ0v) is 6.29. The highest BCUT2D eigenvalue weighted by Crippen LogP contribution is 2.01. The Hall–Kier alpha value is -0.830. The number of carbonyl (C=O) groups is 1. The molecule has 3 heteroatoms. The summed E-state index contributed by atoms with van der Waals surface area (Å²) in [4.78, 5) is 10.2. The normalized spacial score (nSPS) is 14.9. The smallest absolute Gasteiger partial charge is 0.320 e. The van der Waals surface area contributed by atoms with E-state index < -0.39 is 12.0 Å². The van der Waals surface area contributed by atoms with E-state index in [1.165, 1.54) is 0 Å². The average Bonchev–Trinajstić information content (AvgIpc) is 1.87. The second-order valence-corrected chi connectivity index (χ2v) is 2.28. The predicted molar refractivity (Wildman–Crippen MR) is 39.7 cm³/mol. The quantitative estimate of drug-likeness (QED) is 0.573. The summed E-state index contributed by atoms with van der Waals surface area (Å²) in [6.07, 6.45) is 2.30. The molecule has 0 heterocycles. The van der Waals surface area contributed by atoms with Gasteiger partial charge in [0.05, 0.1) is 0 Å². The van der Waals surface area contributed by atoms with Crippen molar-refractivity contribution in [3.8, 4) is 0 Å². The number of carboxylic acids is 1. The molecule has 0 saturated heterocycles. The van der Waals surface area contributed by atoms with Gasteiger partial charge >= 0.3 is 5.97 Å². The minimum atomic E-state index is -0.943. The summed E-state index contributed by atoms with van der Waals surface area (Å²) in [5, 5.41) is 8.37. The molecule has 1 atom stereocenters. The molecule has 1 unspecified atom stereocenters. The van der Waals surface area contributed by atoms with Crippen LogP contribution in [-0.2, 0) is 4.79 Å². The molecule has 0 aromatic heterocycles. The van der Waals surface area contributed by atoms with E-state index in [4.69, 9.17) is 10.8 Å². The minimum absolute atomic E-state index is 0.436. The Balaban J connectivity index is 3.80. The van der Waals surface area contributed by atoms with Crippen LogP contribution in [0, 0.1) is 0 Å². The number of hydrogen-bond acceptors (Lipinski definition) is 2. The van der Waals surface area contributed by atoms with Crippen molar-refractivity contribution in [1.82, 2.24) is 0 Å². The number of nitrogens with two attached hydrogens (primary N) is 1. The van der Waals surface area contributed by atoms with Gasteiger partial charge in [0.15, 0.2) is 0 Å². The fourth-order valence-electron chi connectivity index (χ4n) is 0.552. The minimum Gasteiger partial charge on any atom is -0.480 e. The molecular weight excluding hydrogens is 130 g/mol. The van der Waals surface area contributed by atoms with Crippen LogP contribution < -0.4 is 5.73 Å². The Morgan fingerprint density at radius 1 is 1.80 bits per heavy atom. The Labute approximate surface area is 60.5 Å². The molecule has 0 rings (SSSR count). The van der Waals surface area contributed by atoms with Gasteiger partial charge < -0.3 is 10.8 Å². The standard InChI is InChI=1S/C7H13NO2/c1-3-5(2)4-6(8)7(9)10/h3,6H,4,8H2,1-2H3,(H,9,10)/b5-3+. The van der Waals surface area contributed by atoms with Crippen LogP contribution >= 0.6 is 0 Å². The molecule has 0 radical (unpaired) electrons. The van der Waals surface area contributed by atoms with Crippen LogP contribution in [0.3, 0.4) is 0 Å². The summed E-state index contributed by atoms with van der Waals surface area (Å²) in [5.74, 6) is -0.943. The first-order chi connectivity index (χ1) is 4.57. The number of hydrogen-bond donors (Lipinski definition) is 2. The molecule has 0 spiro atoms. The number of allylic oxidation sites excluding steroid dienone is 1. The molecule has 0 aliphatic carbocycles. The van der Waals surface area contributed by atoms with Gasteiger partial charge in [-0.25, -0.2) is 0 Å². The van der Waals surface area contributed by atoms with Crippen LogP contribution in [0.2, 0.25) is 0 Å². The molecule has 3 N–H and O–H groups in total. The highest BCUT2D eigenvalue weighted by atomic mass is 16.4. The van der Waals surface area contributed by atoms with Crippen LogP contribution in [-0.4, -0.2) is 17.1 Å². The predicted octanol–water partition coefficient (Wildman–Crippen LogP) is 0.755. The summed E-state index contributed by atoms with van der Waals surface area (Å²) >= 11 is 0. The zero-order chi connectivity index (χ0) is 8.15. The largest absolute Gasteiger partial charge is 0.480 e. The molecule has 0 aromatic carbocycles. The summed E-state index contributed by atoms with van der Waals surface area (Å²) in [5.41, 5.74) is 6.26. The Kier molecular flexibility index (Phi) is 3.72.